The lowest BCUT2D eigenvalue weighted by Gasteiger charge is -2.11. The highest BCUT2D eigenvalue weighted by atomic mass is 16.5. The highest BCUT2D eigenvalue weighted by Gasteiger charge is 2.10. The molecule has 0 aliphatic rings. The quantitative estimate of drug-likeness (QED) is 0.676. The number of nitriles is 1. The number of ether oxygens (including phenoxy) is 1. The third-order valence-corrected chi connectivity index (χ3v) is 3.56. The summed E-state index contributed by atoms with van der Waals surface area (Å²) in [7, 11) is 0. The van der Waals surface area contributed by atoms with E-state index in [0.29, 0.717) is 12.4 Å². The smallest absolute Gasteiger partial charge is 0.128 e. The molecule has 4 heteroatoms. The van der Waals surface area contributed by atoms with Gasteiger partial charge < -0.3 is 4.74 Å². The van der Waals surface area contributed by atoms with Crippen LogP contribution in [0.3, 0.4) is 0 Å². The fourth-order valence-electron chi connectivity index (χ4n) is 2.37. The Hall–Kier alpha value is -3.50. The number of terminal acetylenes is 1. The first-order chi connectivity index (χ1) is 11.8. The number of benzene rings is 2. The van der Waals surface area contributed by atoms with Crippen LogP contribution in [0.15, 0.2) is 60.9 Å². The van der Waals surface area contributed by atoms with Crippen LogP contribution in [-0.2, 0) is 13.2 Å². The maximum absolute atomic E-state index is 8.78. The molecular formula is C20H15N3O. The molecule has 0 bridgehead atoms. The lowest BCUT2D eigenvalue weighted by Crippen LogP contribution is -1.97. The maximum atomic E-state index is 8.78. The molecule has 0 fully saturated rings. The largest absolute Gasteiger partial charge is 0.488 e. The highest BCUT2D eigenvalue weighted by Crippen LogP contribution is 2.31. The van der Waals surface area contributed by atoms with Crippen LogP contribution in [0, 0.1) is 23.7 Å². The van der Waals surface area contributed by atoms with Gasteiger partial charge >= 0.3 is 0 Å². The van der Waals surface area contributed by atoms with E-state index in [9.17, 15) is 0 Å². The van der Waals surface area contributed by atoms with E-state index < -0.39 is 0 Å². The highest BCUT2D eigenvalue weighted by molar-refractivity contribution is 5.70. The SMILES string of the molecule is C#Cc1ccc(-c2cnn(CC#N)c2)c(OCc2ccccc2)c1. The Kier molecular flexibility index (Phi) is 4.60. The summed E-state index contributed by atoms with van der Waals surface area (Å²) in [6.45, 7) is 0.664. The van der Waals surface area contributed by atoms with E-state index in [-0.39, 0.29) is 6.54 Å². The minimum atomic E-state index is 0.211. The molecule has 0 saturated heterocycles. The lowest BCUT2D eigenvalue weighted by molar-refractivity contribution is 0.307. The molecule has 0 aliphatic carbocycles. The molecule has 0 unspecified atom stereocenters. The Morgan fingerprint density at radius 3 is 2.75 bits per heavy atom. The van der Waals surface area contributed by atoms with Gasteiger partial charge in [0.15, 0.2) is 0 Å². The van der Waals surface area contributed by atoms with Crippen molar-refractivity contribution in [2.75, 3.05) is 0 Å². The lowest BCUT2D eigenvalue weighted by atomic mass is 10.1. The Bertz CT molecular complexity index is 914. The molecule has 0 spiro atoms. The first kappa shape index (κ1) is 15.4. The van der Waals surface area contributed by atoms with Crippen LogP contribution in [-0.4, -0.2) is 9.78 Å². The van der Waals surface area contributed by atoms with E-state index in [2.05, 4.69) is 17.1 Å². The number of aromatic nitrogens is 2. The Labute approximate surface area is 140 Å². The number of rotatable bonds is 5. The van der Waals surface area contributed by atoms with Gasteiger partial charge in [0.25, 0.3) is 0 Å². The van der Waals surface area contributed by atoms with Crippen LogP contribution in [0.25, 0.3) is 11.1 Å². The molecule has 0 atom stereocenters. The van der Waals surface area contributed by atoms with Crippen molar-refractivity contribution < 1.29 is 4.74 Å². The van der Waals surface area contributed by atoms with Crippen LogP contribution < -0.4 is 4.74 Å². The summed E-state index contributed by atoms with van der Waals surface area (Å²) in [4.78, 5) is 0. The zero-order valence-electron chi connectivity index (χ0n) is 13.0. The van der Waals surface area contributed by atoms with Crippen molar-refractivity contribution in [2.45, 2.75) is 13.2 Å². The second kappa shape index (κ2) is 7.17. The fraction of sp³-hybridized carbons (Fsp3) is 0.100. The molecule has 3 aromatic rings. The van der Waals surface area contributed by atoms with Crippen LogP contribution in [0.4, 0.5) is 0 Å². The van der Waals surface area contributed by atoms with Gasteiger partial charge in [-0.1, -0.05) is 36.3 Å². The van der Waals surface area contributed by atoms with Gasteiger partial charge in [0, 0.05) is 22.9 Å². The molecular weight excluding hydrogens is 298 g/mol. The molecule has 2 aromatic carbocycles. The van der Waals surface area contributed by atoms with Crippen LogP contribution >= 0.6 is 0 Å². The van der Waals surface area contributed by atoms with Crippen molar-refractivity contribution in [3.05, 3.63) is 72.1 Å². The van der Waals surface area contributed by atoms with Gasteiger partial charge in [0.2, 0.25) is 0 Å². The van der Waals surface area contributed by atoms with Crippen molar-refractivity contribution in [2.24, 2.45) is 0 Å². The van der Waals surface area contributed by atoms with E-state index in [1.165, 1.54) is 0 Å². The van der Waals surface area contributed by atoms with Crippen LogP contribution in [0.2, 0.25) is 0 Å². The summed E-state index contributed by atoms with van der Waals surface area (Å²) < 4.78 is 7.58. The predicted molar refractivity (Wildman–Crippen MR) is 92.0 cm³/mol. The first-order valence-electron chi connectivity index (χ1n) is 7.47. The Balaban J connectivity index is 1.90. The van der Waals surface area contributed by atoms with Crippen molar-refractivity contribution in [3.63, 3.8) is 0 Å². The predicted octanol–water partition coefficient (Wildman–Crippen LogP) is 3.63. The molecule has 0 radical (unpaired) electrons. The normalized spacial score (nSPS) is 9.92. The molecule has 116 valence electrons. The van der Waals surface area contributed by atoms with Gasteiger partial charge in [-0.3, -0.25) is 4.68 Å². The van der Waals surface area contributed by atoms with E-state index in [1.807, 2.05) is 54.7 Å². The molecule has 24 heavy (non-hydrogen) atoms. The number of nitrogens with zero attached hydrogens (tertiary/aromatic N) is 3. The van der Waals surface area contributed by atoms with E-state index in [1.54, 1.807) is 10.9 Å². The van der Waals surface area contributed by atoms with Crippen LogP contribution in [0.1, 0.15) is 11.1 Å². The minimum Gasteiger partial charge on any atom is -0.488 e. The average molecular weight is 313 g/mol. The summed E-state index contributed by atoms with van der Waals surface area (Å²) in [6.07, 6.45) is 9.04. The third kappa shape index (κ3) is 3.45. The van der Waals surface area contributed by atoms with Gasteiger partial charge in [0.1, 0.15) is 18.9 Å². The van der Waals surface area contributed by atoms with Gasteiger partial charge in [-0.05, 0) is 23.8 Å². The Morgan fingerprint density at radius 1 is 1.17 bits per heavy atom. The molecule has 0 amide bonds. The number of hydrogen-bond acceptors (Lipinski definition) is 3. The van der Waals surface area contributed by atoms with Crippen molar-refractivity contribution in [3.8, 4) is 35.3 Å². The van der Waals surface area contributed by atoms with Gasteiger partial charge in [0.05, 0.1) is 12.3 Å². The van der Waals surface area contributed by atoms with Crippen molar-refractivity contribution in [1.29, 1.82) is 5.26 Å². The molecule has 1 heterocycles. The molecule has 4 nitrogen and oxygen atoms in total. The maximum Gasteiger partial charge on any atom is 0.128 e. The zero-order valence-corrected chi connectivity index (χ0v) is 13.0. The third-order valence-electron chi connectivity index (χ3n) is 3.56. The zero-order chi connectivity index (χ0) is 16.8. The topological polar surface area (TPSA) is 50.8 Å². The fourth-order valence-corrected chi connectivity index (χ4v) is 2.37. The summed E-state index contributed by atoms with van der Waals surface area (Å²) >= 11 is 0. The average Bonchev–Trinajstić information content (AvgIpc) is 3.09. The van der Waals surface area contributed by atoms with Gasteiger partial charge in [-0.15, -0.1) is 6.42 Å². The standard InChI is InChI=1S/C20H15N3O/c1-2-16-8-9-19(18-13-22-23(14-18)11-10-21)20(12-16)24-15-17-6-4-3-5-7-17/h1,3-9,12-14H,11,15H2. The second-order valence-corrected chi connectivity index (χ2v) is 5.21. The second-order valence-electron chi connectivity index (χ2n) is 5.21. The molecule has 0 aliphatic heterocycles. The van der Waals surface area contributed by atoms with E-state index in [4.69, 9.17) is 16.4 Å². The summed E-state index contributed by atoms with van der Waals surface area (Å²) in [5.41, 5.74) is 3.62. The molecule has 0 N–H and O–H groups in total. The summed E-state index contributed by atoms with van der Waals surface area (Å²) in [5.74, 6) is 3.33. The van der Waals surface area contributed by atoms with E-state index >= 15 is 0 Å². The van der Waals surface area contributed by atoms with Gasteiger partial charge in [-0.2, -0.15) is 10.4 Å². The summed E-state index contributed by atoms with van der Waals surface area (Å²) in [5, 5.41) is 13.0. The molecule has 0 saturated carbocycles. The van der Waals surface area contributed by atoms with Crippen molar-refractivity contribution in [1.82, 2.24) is 9.78 Å². The van der Waals surface area contributed by atoms with Crippen molar-refractivity contribution >= 4 is 0 Å². The summed E-state index contributed by atoms with van der Waals surface area (Å²) in [6, 6.07) is 17.6. The monoisotopic (exact) mass is 313 g/mol. The van der Waals surface area contributed by atoms with E-state index in [0.717, 1.165) is 22.3 Å². The Morgan fingerprint density at radius 2 is 2.00 bits per heavy atom. The molecule has 1 aromatic heterocycles. The number of hydrogen-bond donors (Lipinski definition) is 0. The van der Waals surface area contributed by atoms with Crippen LogP contribution in [0.5, 0.6) is 5.75 Å². The van der Waals surface area contributed by atoms with Gasteiger partial charge in [-0.25, -0.2) is 0 Å². The minimum absolute atomic E-state index is 0.211. The first-order valence-corrected chi connectivity index (χ1v) is 7.47. The molecule has 3 rings (SSSR count).